The van der Waals surface area contributed by atoms with Crippen molar-refractivity contribution in [3.8, 4) is 0 Å². The average Bonchev–Trinajstić information content (AvgIpc) is 2.70. The Bertz CT molecular complexity index is 121. The molecule has 0 aliphatic heterocycles. The van der Waals surface area contributed by atoms with E-state index in [9.17, 15) is 0 Å². The van der Waals surface area contributed by atoms with Crippen LogP contribution in [0.3, 0.4) is 0 Å². The molecule has 0 heterocycles. The Morgan fingerprint density at radius 1 is 1.27 bits per heavy atom. The predicted molar refractivity (Wildman–Crippen MR) is 42.8 cm³/mol. The summed E-state index contributed by atoms with van der Waals surface area (Å²) in [7, 11) is 0. The van der Waals surface area contributed by atoms with Gasteiger partial charge < -0.3 is 15.9 Å². The van der Waals surface area contributed by atoms with Crippen molar-refractivity contribution in [2.75, 3.05) is 6.54 Å². The van der Waals surface area contributed by atoms with Crippen LogP contribution >= 0.6 is 0 Å². The number of unbranched alkanes of at least 4 members (excludes halogenated alkanes) is 1. The molecule has 0 saturated heterocycles. The van der Waals surface area contributed by atoms with Crippen molar-refractivity contribution < 1.29 is 10.2 Å². The quantitative estimate of drug-likeness (QED) is 0.397. The highest BCUT2D eigenvalue weighted by atomic mass is 16.5. The van der Waals surface area contributed by atoms with Crippen molar-refractivity contribution in [2.24, 2.45) is 11.1 Å². The molecule has 11 heavy (non-hydrogen) atoms. The van der Waals surface area contributed by atoms with Crippen LogP contribution < -0.4 is 5.73 Å². The summed E-state index contributed by atoms with van der Waals surface area (Å²) in [6, 6.07) is 0. The highest BCUT2D eigenvalue weighted by Gasteiger charge is 2.47. The Balaban J connectivity index is 2.14. The van der Waals surface area contributed by atoms with E-state index in [1.54, 1.807) is 0 Å². The third-order valence-corrected chi connectivity index (χ3v) is 2.57. The number of hydrogen-bond donors (Lipinski definition) is 3. The second kappa shape index (κ2) is 3.52. The van der Waals surface area contributed by atoms with Gasteiger partial charge in [0.2, 0.25) is 0 Å². The van der Waals surface area contributed by atoms with Gasteiger partial charge >= 0.3 is 0 Å². The first-order chi connectivity index (χ1) is 5.21. The van der Waals surface area contributed by atoms with Gasteiger partial charge in [0.15, 0.2) is 6.29 Å². The number of rotatable bonds is 5. The third kappa shape index (κ3) is 2.15. The van der Waals surface area contributed by atoms with Gasteiger partial charge in [-0.3, -0.25) is 0 Å². The highest BCUT2D eigenvalue weighted by molar-refractivity contribution is 4.94. The fraction of sp³-hybridized carbons (Fsp3) is 1.00. The van der Waals surface area contributed by atoms with Crippen molar-refractivity contribution in [3.05, 3.63) is 0 Å². The summed E-state index contributed by atoms with van der Waals surface area (Å²) in [6.07, 6.45) is 3.76. The summed E-state index contributed by atoms with van der Waals surface area (Å²) in [6.45, 7) is 0.706. The lowest BCUT2D eigenvalue weighted by molar-refractivity contribution is -0.0980. The molecular weight excluding hydrogens is 142 g/mol. The van der Waals surface area contributed by atoms with Gasteiger partial charge in [-0.2, -0.15) is 0 Å². The van der Waals surface area contributed by atoms with Crippen LogP contribution in [-0.4, -0.2) is 23.0 Å². The number of aliphatic hydroxyl groups is 2. The molecule has 4 N–H and O–H groups in total. The number of hydrogen-bond acceptors (Lipinski definition) is 3. The van der Waals surface area contributed by atoms with Crippen LogP contribution in [0, 0.1) is 5.41 Å². The molecule has 0 aromatic carbocycles. The normalized spacial score (nSPS) is 20.7. The Morgan fingerprint density at radius 2 is 1.91 bits per heavy atom. The molecule has 0 radical (unpaired) electrons. The highest BCUT2D eigenvalue weighted by Crippen LogP contribution is 2.51. The Kier molecular flexibility index (Phi) is 2.87. The third-order valence-electron chi connectivity index (χ3n) is 2.57. The van der Waals surface area contributed by atoms with Crippen LogP contribution in [0.5, 0.6) is 0 Å². The van der Waals surface area contributed by atoms with E-state index in [4.69, 9.17) is 15.9 Å². The van der Waals surface area contributed by atoms with Crippen molar-refractivity contribution in [1.29, 1.82) is 0 Å². The first-order valence-electron chi connectivity index (χ1n) is 4.27. The van der Waals surface area contributed by atoms with Crippen molar-refractivity contribution in [1.82, 2.24) is 0 Å². The summed E-state index contributed by atoms with van der Waals surface area (Å²) in [4.78, 5) is 0. The van der Waals surface area contributed by atoms with Gasteiger partial charge in [0.05, 0.1) is 0 Å². The molecule has 1 rings (SSSR count). The second-order valence-corrected chi connectivity index (χ2v) is 3.48. The molecule has 0 unspecified atom stereocenters. The summed E-state index contributed by atoms with van der Waals surface area (Å²) in [5.74, 6) is 0. The molecule has 0 bridgehead atoms. The average molecular weight is 159 g/mol. The van der Waals surface area contributed by atoms with Gasteiger partial charge in [-0.1, -0.05) is 6.42 Å². The first-order valence-corrected chi connectivity index (χ1v) is 4.27. The topological polar surface area (TPSA) is 66.5 Å². The van der Waals surface area contributed by atoms with E-state index in [1.165, 1.54) is 0 Å². The monoisotopic (exact) mass is 159 g/mol. The molecule has 1 aliphatic carbocycles. The molecule has 0 amide bonds. The van der Waals surface area contributed by atoms with E-state index in [2.05, 4.69) is 0 Å². The number of nitrogens with two attached hydrogens (primary N) is 1. The molecule has 1 aliphatic rings. The largest absolute Gasteiger partial charge is 0.368 e. The molecule has 0 atom stereocenters. The van der Waals surface area contributed by atoms with Gasteiger partial charge in [0.1, 0.15) is 0 Å². The van der Waals surface area contributed by atoms with Crippen molar-refractivity contribution in [2.45, 2.75) is 38.4 Å². The zero-order valence-electron chi connectivity index (χ0n) is 6.79. The number of aliphatic hydroxyl groups excluding tert-OH is 1. The van der Waals surface area contributed by atoms with E-state index in [-0.39, 0.29) is 5.41 Å². The van der Waals surface area contributed by atoms with Crippen LogP contribution in [0.1, 0.15) is 32.1 Å². The smallest absolute Gasteiger partial charge is 0.157 e. The van der Waals surface area contributed by atoms with Gasteiger partial charge in [0, 0.05) is 5.41 Å². The Labute approximate surface area is 67.2 Å². The minimum Gasteiger partial charge on any atom is -0.368 e. The van der Waals surface area contributed by atoms with Crippen LogP contribution in [0.2, 0.25) is 0 Å². The summed E-state index contributed by atoms with van der Waals surface area (Å²) in [5.41, 5.74) is 5.19. The molecule has 3 nitrogen and oxygen atoms in total. The van der Waals surface area contributed by atoms with Gasteiger partial charge in [0.25, 0.3) is 0 Å². The van der Waals surface area contributed by atoms with Crippen LogP contribution in [0.4, 0.5) is 0 Å². The Hall–Kier alpha value is -0.120. The van der Waals surface area contributed by atoms with Crippen LogP contribution in [0.15, 0.2) is 0 Å². The van der Waals surface area contributed by atoms with E-state index in [1.807, 2.05) is 0 Å². The summed E-state index contributed by atoms with van der Waals surface area (Å²) < 4.78 is 0. The minimum atomic E-state index is -1.11. The molecule has 3 heteroatoms. The van der Waals surface area contributed by atoms with Gasteiger partial charge in [-0.15, -0.1) is 0 Å². The molecule has 0 aromatic heterocycles. The van der Waals surface area contributed by atoms with Gasteiger partial charge in [-0.05, 0) is 32.2 Å². The maximum Gasteiger partial charge on any atom is 0.157 e. The molecule has 1 saturated carbocycles. The SMILES string of the molecule is NCCCCC1(C(O)O)CC1. The minimum absolute atomic E-state index is 0.144. The molecular formula is C8H17NO2. The predicted octanol–water partition coefficient (Wildman–Crippen LogP) is 0.206. The van der Waals surface area contributed by atoms with Crippen LogP contribution in [-0.2, 0) is 0 Å². The maximum absolute atomic E-state index is 8.97. The Morgan fingerprint density at radius 3 is 2.27 bits per heavy atom. The fourth-order valence-corrected chi connectivity index (χ4v) is 1.42. The summed E-state index contributed by atoms with van der Waals surface area (Å²) in [5, 5.41) is 17.9. The second-order valence-electron chi connectivity index (χ2n) is 3.48. The first kappa shape index (κ1) is 8.97. The maximum atomic E-state index is 8.97. The standard InChI is InChI=1S/C8H17NO2/c9-6-2-1-3-8(4-5-8)7(10)11/h7,10-11H,1-6,9H2. The van der Waals surface area contributed by atoms with E-state index < -0.39 is 6.29 Å². The zero-order valence-corrected chi connectivity index (χ0v) is 6.79. The zero-order chi connectivity index (χ0) is 8.32. The lowest BCUT2D eigenvalue weighted by Gasteiger charge is -2.16. The van der Waals surface area contributed by atoms with E-state index in [0.717, 1.165) is 32.1 Å². The lowest BCUT2D eigenvalue weighted by Crippen LogP contribution is -2.21. The lowest BCUT2D eigenvalue weighted by atomic mass is 9.98. The van der Waals surface area contributed by atoms with Crippen LogP contribution in [0.25, 0.3) is 0 Å². The van der Waals surface area contributed by atoms with E-state index in [0.29, 0.717) is 6.54 Å². The van der Waals surface area contributed by atoms with E-state index >= 15 is 0 Å². The molecule has 0 aromatic rings. The van der Waals surface area contributed by atoms with Gasteiger partial charge in [-0.25, -0.2) is 0 Å². The van der Waals surface area contributed by atoms with Crippen molar-refractivity contribution in [3.63, 3.8) is 0 Å². The van der Waals surface area contributed by atoms with Crippen molar-refractivity contribution >= 4 is 0 Å². The summed E-state index contributed by atoms with van der Waals surface area (Å²) >= 11 is 0. The molecule has 0 spiro atoms. The molecule has 1 fully saturated rings. The molecule has 66 valence electrons. The fourth-order valence-electron chi connectivity index (χ4n) is 1.42.